The Balaban J connectivity index is 0.00000208. The Morgan fingerprint density at radius 2 is 1.75 bits per heavy atom. The van der Waals surface area contributed by atoms with Crippen molar-refractivity contribution >= 4 is 35.6 Å². The van der Waals surface area contributed by atoms with Gasteiger partial charge in [0, 0.05) is 57.9 Å². The van der Waals surface area contributed by atoms with E-state index < -0.39 is 0 Å². The summed E-state index contributed by atoms with van der Waals surface area (Å²) < 4.78 is 2.13. The van der Waals surface area contributed by atoms with Gasteiger partial charge in [0.2, 0.25) is 0 Å². The van der Waals surface area contributed by atoms with Gasteiger partial charge in [-0.2, -0.15) is 0 Å². The number of nitrogens with zero attached hydrogens (tertiary/aromatic N) is 4. The van der Waals surface area contributed by atoms with E-state index in [4.69, 9.17) is 0 Å². The smallest absolute Gasteiger partial charge is 0.194 e. The maximum absolute atomic E-state index is 4.44. The number of nitrogens with one attached hydrogen (secondary N) is 1. The number of hydrogen-bond acceptors (Lipinski definition) is 2. The minimum atomic E-state index is 0. The second-order valence-corrected chi connectivity index (χ2v) is 5.82. The van der Waals surface area contributed by atoms with E-state index >= 15 is 0 Å². The van der Waals surface area contributed by atoms with Crippen molar-refractivity contribution in [2.75, 3.05) is 38.1 Å². The Hall–Kier alpha value is -1.70. The molecular weight excluding hydrogens is 413 g/mol. The lowest BCUT2D eigenvalue weighted by Crippen LogP contribution is -2.52. The molecule has 3 rings (SSSR count). The van der Waals surface area contributed by atoms with Gasteiger partial charge in [0.25, 0.3) is 0 Å². The second-order valence-electron chi connectivity index (χ2n) is 5.82. The van der Waals surface area contributed by atoms with E-state index in [1.165, 1.54) is 11.4 Å². The SMILES string of the molecule is CN=C(NCc1cccn1C)N1CCN(c2ccccc2)CC1.I. The van der Waals surface area contributed by atoms with Gasteiger partial charge >= 0.3 is 0 Å². The Bertz CT molecular complexity index is 644. The van der Waals surface area contributed by atoms with Crippen LogP contribution in [0.4, 0.5) is 5.69 Å². The quantitative estimate of drug-likeness (QED) is 0.454. The van der Waals surface area contributed by atoms with Gasteiger partial charge in [-0.05, 0) is 24.3 Å². The summed E-state index contributed by atoms with van der Waals surface area (Å²) >= 11 is 0. The van der Waals surface area contributed by atoms with E-state index in [-0.39, 0.29) is 24.0 Å². The number of piperazine rings is 1. The number of aliphatic imine (C=N–C) groups is 1. The fourth-order valence-corrected chi connectivity index (χ4v) is 3.00. The van der Waals surface area contributed by atoms with Crippen LogP contribution in [0.15, 0.2) is 53.7 Å². The van der Waals surface area contributed by atoms with Gasteiger partial charge in [0.15, 0.2) is 5.96 Å². The molecule has 1 N–H and O–H groups in total. The third-order valence-corrected chi connectivity index (χ3v) is 4.39. The molecule has 0 amide bonds. The molecule has 0 bridgehead atoms. The van der Waals surface area contributed by atoms with E-state index in [9.17, 15) is 0 Å². The average Bonchev–Trinajstić information content (AvgIpc) is 3.02. The van der Waals surface area contributed by atoms with Crippen LogP contribution >= 0.6 is 24.0 Å². The van der Waals surface area contributed by atoms with Crippen LogP contribution in [0.1, 0.15) is 5.69 Å². The minimum absolute atomic E-state index is 0. The molecule has 0 saturated carbocycles. The molecule has 6 heteroatoms. The first-order chi connectivity index (χ1) is 11.3. The summed E-state index contributed by atoms with van der Waals surface area (Å²) in [7, 11) is 3.93. The van der Waals surface area contributed by atoms with Crippen molar-refractivity contribution in [3.8, 4) is 0 Å². The molecule has 130 valence electrons. The number of aryl methyl sites for hydroxylation is 1. The van der Waals surface area contributed by atoms with Crippen molar-refractivity contribution in [1.29, 1.82) is 0 Å². The van der Waals surface area contributed by atoms with Crippen LogP contribution < -0.4 is 10.2 Å². The maximum atomic E-state index is 4.44. The third kappa shape index (κ3) is 4.43. The summed E-state index contributed by atoms with van der Waals surface area (Å²) in [4.78, 5) is 9.21. The van der Waals surface area contributed by atoms with Gasteiger partial charge in [-0.15, -0.1) is 24.0 Å². The van der Waals surface area contributed by atoms with Crippen LogP contribution in [-0.4, -0.2) is 48.7 Å². The Kier molecular flexibility index (Phi) is 6.96. The third-order valence-electron chi connectivity index (χ3n) is 4.39. The fourth-order valence-electron chi connectivity index (χ4n) is 3.00. The molecule has 1 aromatic heterocycles. The van der Waals surface area contributed by atoms with E-state index in [1.807, 2.05) is 7.05 Å². The number of rotatable bonds is 3. The van der Waals surface area contributed by atoms with Crippen LogP contribution in [0.25, 0.3) is 0 Å². The fraction of sp³-hybridized carbons (Fsp3) is 0.389. The van der Waals surface area contributed by atoms with Crippen LogP contribution in [0.2, 0.25) is 0 Å². The monoisotopic (exact) mass is 439 g/mol. The molecule has 2 aromatic rings. The molecule has 0 atom stereocenters. The highest BCUT2D eigenvalue weighted by atomic mass is 127. The molecule has 1 aliphatic heterocycles. The predicted octanol–water partition coefficient (Wildman–Crippen LogP) is 2.54. The highest BCUT2D eigenvalue weighted by molar-refractivity contribution is 14.0. The Morgan fingerprint density at radius 3 is 2.33 bits per heavy atom. The summed E-state index contributed by atoms with van der Waals surface area (Å²) in [5.41, 5.74) is 2.56. The first kappa shape index (κ1) is 18.6. The van der Waals surface area contributed by atoms with Crippen molar-refractivity contribution in [3.05, 3.63) is 54.4 Å². The topological polar surface area (TPSA) is 35.8 Å². The standard InChI is InChI=1S/C18H25N5.HI/c1-19-18(20-15-17-9-6-10-21(17)2)23-13-11-22(12-14-23)16-7-4-3-5-8-16;/h3-10H,11-15H2,1-2H3,(H,19,20);1H. The van der Waals surface area contributed by atoms with Crippen molar-refractivity contribution in [2.45, 2.75) is 6.54 Å². The minimum Gasteiger partial charge on any atom is -0.368 e. The van der Waals surface area contributed by atoms with Crippen molar-refractivity contribution in [3.63, 3.8) is 0 Å². The van der Waals surface area contributed by atoms with Gasteiger partial charge in [-0.3, -0.25) is 4.99 Å². The largest absolute Gasteiger partial charge is 0.368 e. The van der Waals surface area contributed by atoms with Gasteiger partial charge in [0.05, 0.1) is 6.54 Å². The summed E-state index contributed by atoms with van der Waals surface area (Å²) in [5, 5.41) is 3.47. The number of hydrogen-bond donors (Lipinski definition) is 1. The van der Waals surface area contributed by atoms with Gasteiger partial charge < -0.3 is 19.7 Å². The summed E-state index contributed by atoms with van der Waals surface area (Å²) in [6.07, 6.45) is 2.07. The van der Waals surface area contributed by atoms with E-state index in [0.717, 1.165) is 38.7 Å². The molecule has 2 heterocycles. The van der Waals surface area contributed by atoms with E-state index in [2.05, 4.69) is 80.4 Å². The molecular formula is C18H26IN5. The number of para-hydroxylation sites is 1. The van der Waals surface area contributed by atoms with Gasteiger partial charge in [-0.1, -0.05) is 18.2 Å². The number of guanidine groups is 1. The average molecular weight is 439 g/mol. The zero-order valence-corrected chi connectivity index (χ0v) is 16.7. The molecule has 1 aromatic carbocycles. The van der Waals surface area contributed by atoms with Crippen molar-refractivity contribution < 1.29 is 0 Å². The lowest BCUT2D eigenvalue weighted by atomic mass is 10.2. The molecule has 0 unspecified atom stereocenters. The summed E-state index contributed by atoms with van der Waals surface area (Å²) in [6, 6.07) is 14.8. The molecule has 1 saturated heterocycles. The predicted molar refractivity (Wildman–Crippen MR) is 111 cm³/mol. The zero-order valence-electron chi connectivity index (χ0n) is 14.4. The van der Waals surface area contributed by atoms with Crippen molar-refractivity contribution in [2.24, 2.45) is 12.0 Å². The van der Waals surface area contributed by atoms with Crippen LogP contribution in [0.3, 0.4) is 0 Å². The number of benzene rings is 1. The van der Waals surface area contributed by atoms with E-state index in [0.29, 0.717) is 0 Å². The molecule has 0 spiro atoms. The molecule has 1 fully saturated rings. The molecule has 24 heavy (non-hydrogen) atoms. The molecule has 5 nitrogen and oxygen atoms in total. The lowest BCUT2D eigenvalue weighted by Gasteiger charge is -2.37. The number of halogens is 1. The van der Waals surface area contributed by atoms with Crippen LogP contribution in [-0.2, 0) is 13.6 Å². The second kappa shape index (κ2) is 8.96. The highest BCUT2D eigenvalue weighted by Crippen LogP contribution is 2.15. The normalized spacial score (nSPS) is 15.2. The maximum Gasteiger partial charge on any atom is 0.194 e. The molecule has 1 aliphatic rings. The van der Waals surface area contributed by atoms with Crippen LogP contribution in [0.5, 0.6) is 0 Å². The number of aromatic nitrogens is 1. The zero-order chi connectivity index (χ0) is 16.1. The summed E-state index contributed by atoms with van der Waals surface area (Å²) in [6.45, 7) is 4.82. The van der Waals surface area contributed by atoms with Crippen LogP contribution in [0, 0.1) is 0 Å². The molecule has 0 radical (unpaired) electrons. The Morgan fingerprint density at radius 1 is 1.04 bits per heavy atom. The van der Waals surface area contributed by atoms with E-state index in [1.54, 1.807) is 0 Å². The Labute approximate surface area is 161 Å². The van der Waals surface area contributed by atoms with Crippen molar-refractivity contribution in [1.82, 2.24) is 14.8 Å². The first-order valence-corrected chi connectivity index (χ1v) is 8.14. The lowest BCUT2D eigenvalue weighted by molar-refractivity contribution is 0.372. The van der Waals surface area contributed by atoms with Gasteiger partial charge in [0.1, 0.15) is 0 Å². The van der Waals surface area contributed by atoms with Gasteiger partial charge in [-0.25, -0.2) is 0 Å². The first-order valence-electron chi connectivity index (χ1n) is 8.14. The number of anilines is 1. The molecule has 0 aliphatic carbocycles. The summed E-state index contributed by atoms with van der Waals surface area (Å²) in [5.74, 6) is 0.985. The highest BCUT2D eigenvalue weighted by Gasteiger charge is 2.19.